The maximum Gasteiger partial charge on any atom is 0.338 e. The highest BCUT2D eigenvalue weighted by Gasteiger charge is 2.17. The Labute approximate surface area is 168 Å². The Hall–Kier alpha value is -3.52. The van der Waals surface area contributed by atoms with Crippen molar-refractivity contribution < 1.29 is 23.5 Å². The van der Waals surface area contributed by atoms with Gasteiger partial charge < -0.3 is 18.8 Å². The summed E-state index contributed by atoms with van der Waals surface area (Å²) in [5, 5.41) is 7.42. The number of hydrogen-bond donors (Lipinski definition) is 0. The van der Waals surface area contributed by atoms with E-state index in [1.54, 1.807) is 36.3 Å². The quantitative estimate of drug-likeness (QED) is 0.514. The molecule has 0 bridgehead atoms. The van der Waals surface area contributed by atoms with E-state index in [9.17, 15) is 9.59 Å². The summed E-state index contributed by atoms with van der Waals surface area (Å²) in [5.74, 6) is -0.515. The van der Waals surface area contributed by atoms with Crippen molar-refractivity contribution in [2.45, 2.75) is 6.54 Å². The predicted molar refractivity (Wildman–Crippen MR) is 104 cm³/mol. The molecule has 2 aromatic carbocycles. The molecule has 0 aliphatic carbocycles. The Morgan fingerprint density at radius 1 is 1.07 bits per heavy atom. The Balaban J connectivity index is 1.57. The Bertz CT molecular complexity index is 911. The lowest BCUT2D eigenvalue weighted by Gasteiger charge is -2.22. The average molecular weight is 395 g/mol. The number of nitrogens with zero attached hydrogens (tertiary/aromatic N) is 3. The van der Waals surface area contributed by atoms with Gasteiger partial charge in [-0.1, -0.05) is 30.3 Å². The second-order valence-corrected chi connectivity index (χ2v) is 6.19. The summed E-state index contributed by atoms with van der Waals surface area (Å²) in [6, 6.07) is 16.1. The normalized spacial score (nSPS) is 10.5. The molecule has 0 N–H and O–H groups in total. The number of esters is 1. The van der Waals surface area contributed by atoms with Crippen molar-refractivity contribution in [2.24, 2.45) is 0 Å². The second-order valence-electron chi connectivity index (χ2n) is 6.19. The van der Waals surface area contributed by atoms with E-state index in [0.29, 0.717) is 36.7 Å². The zero-order valence-electron chi connectivity index (χ0n) is 16.0. The van der Waals surface area contributed by atoms with Crippen molar-refractivity contribution in [1.29, 1.82) is 0 Å². The van der Waals surface area contributed by atoms with Gasteiger partial charge in [0, 0.05) is 25.8 Å². The molecule has 1 amide bonds. The highest BCUT2D eigenvalue weighted by Crippen LogP contribution is 2.17. The summed E-state index contributed by atoms with van der Waals surface area (Å²) in [5.41, 5.74) is 2.00. The molecule has 0 unspecified atom stereocenters. The van der Waals surface area contributed by atoms with Crippen LogP contribution in [-0.4, -0.2) is 53.8 Å². The first-order valence-corrected chi connectivity index (χ1v) is 9.01. The van der Waals surface area contributed by atoms with Gasteiger partial charge in [0.2, 0.25) is 12.3 Å². The molecule has 1 aromatic heterocycles. The third-order valence-corrected chi connectivity index (χ3v) is 4.19. The largest absolute Gasteiger partial charge is 0.452 e. The van der Waals surface area contributed by atoms with E-state index in [2.05, 4.69) is 10.2 Å². The van der Waals surface area contributed by atoms with Gasteiger partial charge >= 0.3 is 5.97 Å². The zero-order chi connectivity index (χ0) is 20.5. The molecule has 0 atom stereocenters. The van der Waals surface area contributed by atoms with Crippen LogP contribution in [0.4, 0.5) is 0 Å². The van der Waals surface area contributed by atoms with Crippen LogP contribution in [0.2, 0.25) is 0 Å². The van der Waals surface area contributed by atoms with E-state index in [4.69, 9.17) is 13.9 Å². The molecule has 0 spiro atoms. The molecule has 29 heavy (non-hydrogen) atoms. The van der Waals surface area contributed by atoms with Gasteiger partial charge in [-0.15, -0.1) is 10.2 Å². The third kappa shape index (κ3) is 5.73. The number of rotatable bonds is 9. The van der Waals surface area contributed by atoms with Gasteiger partial charge in [0.15, 0.2) is 6.61 Å². The van der Waals surface area contributed by atoms with Gasteiger partial charge in [-0.2, -0.15) is 0 Å². The number of amides is 1. The molecule has 150 valence electrons. The fourth-order valence-electron chi connectivity index (χ4n) is 2.65. The fourth-order valence-corrected chi connectivity index (χ4v) is 2.65. The van der Waals surface area contributed by atoms with Crippen molar-refractivity contribution in [2.75, 3.05) is 26.9 Å². The summed E-state index contributed by atoms with van der Waals surface area (Å²) < 4.78 is 15.4. The maximum absolute atomic E-state index is 12.6. The minimum absolute atomic E-state index is 0.290. The van der Waals surface area contributed by atoms with E-state index >= 15 is 0 Å². The number of ether oxygens (including phenoxy) is 2. The SMILES string of the molecule is COCCN(Cc1ccccc1)C(=O)COC(=O)c1ccc(-c2nnco2)cc1. The number of benzene rings is 2. The summed E-state index contributed by atoms with van der Waals surface area (Å²) in [6.45, 7) is 0.866. The summed E-state index contributed by atoms with van der Waals surface area (Å²) in [7, 11) is 1.57. The van der Waals surface area contributed by atoms with Crippen LogP contribution >= 0.6 is 0 Å². The molecule has 3 rings (SSSR count). The first-order valence-electron chi connectivity index (χ1n) is 9.01. The van der Waals surface area contributed by atoms with Crippen LogP contribution in [0.25, 0.3) is 11.5 Å². The molecule has 8 heteroatoms. The standard InChI is InChI=1S/C21H21N3O5/c1-27-12-11-24(13-16-5-3-2-4-6-16)19(25)14-28-21(26)18-9-7-17(8-10-18)20-23-22-15-29-20/h2-10,15H,11-14H2,1H3. The van der Waals surface area contributed by atoms with Crippen LogP contribution in [0.5, 0.6) is 0 Å². The molecule has 8 nitrogen and oxygen atoms in total. The molecule has 0 aliphatic rings. The van der Waals surface area contributed by atoms with Gasteiger partial charge in [-0.25, -0.2) is 4.79 Å². The number of hydrogen-bond acceptors (Lipinski definition) is 7. The Morgan fingerprint density at radius 3 is 2.48 bits per heavy atom. The lowest BCUT2D eigenvalue weighted by atomic mass is 10.1. The highest BCUT2D eigenvalue weighted by atomic mass is 16.5. The van der Waals surface area contributed by atoms with Crippen LogP contribution in [0.15, 0.2) is 65.4 Å². The van der Waals surface area contributed by atoms with E-state index in [0.717, 1.165) is 5.56 Å². The number of carbonyl (C=O) groups is 2. The number of carbonyl (C=O) groups excluding carboxylic acids is 2. The summed E-state index contributed by atoms with van der Waals surface area (Å²) in [6.07, 6.45) is 1.23. The third-order valence-electron chi connectivity index (χ3n) is 4.19. The molecule has 0 saturated carbocycles. The molecule has 1 heterocycles. The highest BCUT2D eigenvalue weighted by molar-refractivity contribution is 5.91. The monoisotopic (exact) mass is 395 g/mol. The smallest absolute Gasteiger partial charge is 0.338 e. The predicted octanol–water partition coefficient (Wildman–Crippen LogP) is 2.57. The minimum Gasteiger partial charge on any atom is -0.452 e. The summed E-state index contributed by atoms with van der Waals surface area (Å²) in [4.78, 5) is 26.4. The maximum atomic E-state index is 12.6. The Morgan fingerprint density at radius 2 is 1.83 bits per heavy atom. The van der Waals surface area contributed by atoms with Crippen LogP contribution in [0.1, 0.15) is 15.9 Å². The van der Waals surface area contributed by atoms with Crippen molar-refractivity contribution in [3.05, 3.63) is 72.1 Å². The van der Waals surface area contributed by atoms with E-state index in [-0.39, 0.29) is 12.5 Å². The van der Waals surface area contributed by atoms with Crippen LogP contribution < -0.4 is 0 Å². The van der Waals surface area contributed by atoms with Crippen LogP contribution in [-0.2, 0) is 20.8 Å². The van der Waals surface area contributed by atoms with Gasteiger partial charge in [0.05, 0.1) is 12.2 Å². The molecule has 0 saturated heterocycles. The first-order chi connectivity index (χ1) is 14.2. The summed E-state index contributed by atoms with van der Waals surface area (Å²) >= 11 is 0. The minimum atomic E-state index is -0.582. The van der Waals surface area contributed by atoms with Gasteiger partial charge in [-0.3, -0.25) is 4.79 Å². The van der Waals surface area contributed by atoms with E-state index in [1.165, 1.54) is 6.39 Å². The van der Waals surface area contributed by atoms with Gasteiger partial charge in [-0.05, 0) is 29.8 Å². The topological polar surface area (TPSA) is 94.8 Å². The molecule has 0 aliphatic heterocycles. The van der Waals surface area contributed by atoms with Crippen LogP contribution in [0.3, 0.4) is 0 Å². The molecule has 0 radical (unpaired) electrons. The van der Waals surface area contributed by atoms with Crippen molar-refractivity contribution in [3.8, 4) is 11.5 Å². The van der Waals surface area contributed by atoms with Gasteiger partial charge in [0.1, 0.15) is 0 Å². The average Bonchev–Trinajstić information content (AvgIpc) is 3.30. The zero-order valence-corrected chi connectivity index (χ0v) is 16.0. The Kier molecular flexibility index (Phi) is 7.07. The molecular weight excluding hydrogens is 374 g/mol. The van der Waals surface area contributed by atoms with E-state index in [1.807, 2.05) is 30.3 Å². The van der Waals surface area contributed by atoms with Crippen molar-refractivity contribution in [1.82, 2.24) is 15.1 Å². The van der Waals surface area contributed by atoms with E-state index < -0.39 is 5.97 Å². The van der Waals surface area contributed by atoms with Crippen molar-refractivity contribution in [3.63, 3.8) is 0 Å². The molecule has 3 aromatic rings. The number of aromatic nitrogens is 2. The molecular formula is C21H21N3O5. The first kappa shape index (κ1) is 20.2. The number of methoxy groups -OCH3 is 1. The lowest BCUT2D eigenvalue weighted by Crippen LogP contribution is -2.36. The van der Waals surface area contributed by atoms with Crippen LogP contribution in [0, 0.1) is 0 Å². The van der Waals surface area contributed by atoms with Crippen molar-refractivity contribution >= 4 is 11.9 Å². The second kappa shape index (κ2) is 10.1. The lowest BCUT2D eigenvalue weighted by molar-refractivity contribution is -0.135. The fraction of sp³-hybridized carbons (Fsp3) is 0.238. The molecule has 0 fully saturated rings. The van der Waals surface area contributed by atoms with Gasteiger partial charge in [0.25, 0.3) is 5.91 Å².